The Morgan fingerprint density at radius 1 is 1.53 bits per heavy atom. The maximum absolute atomic E-state index is 11.8. The standard InChI is InChI=1S/C11H22N2OS/c1-4-5-6-12-10(14)13-7-8-15-11(2,3)9-13/h4-9H2,1-3H3,(H,12,14). The Morgan fingerprint density at radius 2 is 2.27 bits per heavy atom. The van der Waals surface area contributed by atoms with Crippen molar-refractivity contribution in [3.8, 4) is 0 Å². The van der Waals surface area contributed by atoms with Gasteiger partial charge in [-0.3, -0.25) is 0 Å². The number of nitrogens with zero attached hydrogens (tertiary/aromatic N) is 1. The van der Waals surface area contributed by atoms with Gasteiger partial charge >= 0.3 is 6.03 Å². The number of carbonyl (C=O) groups excluding carboxylic acids is 1. The molecular weight excluding hydrogens is 208 g/mol. The largest absolute Gasteiger partial charge is 0.338 e. The zero-order chi connectivity index (χ0) is 11.3. The van der Waals surface area contributed by atoms with Crippen molar-refractivity contribution in [1.29, 1.82) is 0 Å². The van der Waals surface area contributed by atoms with Crippen molar-refractivity contribution in [2.75, 3.05) is 25.4 Å². The molecule has 2 amide bonds. The van der Waals surface area contributed by atoms with Crippen LogP contribution in [0.2, 0.25) is 0 Å². The maximum Gasteiger partial charge on any atom is 0.317 e. The normalized spacial score (nSPS) is 20.1. The summed E-state index contributed by atoms with van der Waals surface area (Å²) in [5, 5.41) is 2.97. The number of hydrogen-bond donors (Lipinski definition) is 1. The van der Waals surface area contributed by atoms with Crippen LogP contribution >= 0.6 is 11.8 Å². The van der Waals surface area contributed by atoms with Gasteiger partial charge in [0.15, 0.2) is 0 Å². The van der Waals surface area contributed by atoms with Gasteiger partial charge in [-0.2, -0.15) is 11.8 Å². The zero-order valence-electron chi connectivity index (χ0n) is 10.0. The highest BCUT2D eigenvalue weighted by atomic mass is 32.2. The van der Waals surface area contributed by atoms with Gasteiger partial charge in [0, 0.05) is 30.1 Å². The number of amides is 2. The summed E-state index contributed by atoms with van der Waals surface area (Å²) in [6.07, 6.45) is 2.19. The van der Waals surface area contributed by atoms with E-state index in [9.17, 15) is 4.79 Å². The molecule has 1 heterocycles. The van der Waals surface area contributed by atoms with Gasteiger partial charge in [-0.15, -0.1) is 0 Å². The van der Waals surface area contributed by atoms with Gasteiger partial charge in [0.1, 0.15) is 0 Å². The maximum atomic E-state index is 11.8. The van der Waals surface area contributed by atoms with Gasteiger partial charge in [0.05, 0.1) is 0 Å². The van der Waals surface area contributed by atoms with Crippen LogP contribution in [0.5, 0.6) is 0 Å². The molecule has 0 aromatic rings. The van der Waals surface area contributed by atoms with E-state index in [-0.39, 0.29) is 10.8 Å². The van der Waals surface area contributed by atoms with Crippen LogP contribution in [0.1, 0.15) is 33.6 Å². The first-order valence-electron chi connectivity index (χ1n) is 5.72. The number of hydrogen-bond acceptors (Lipinski definition) is 2. The van der Waals surface area contributed by atoms with Crippen molar-refractivity contribution in [3.05, 3.63) is 0 Å². The molecule has 1 aliphatic rings. The molecule has 1 saturated heterocycles. The monoisotopic (exact) mass is 230 g/mol. The number of rotatable bonds is 3. The number of nitrogens with one attached hydrogen (secondary N) is 1. The van der Waals surface area contributed by atoms with E-state index >= 15 is 0 Å². The lowest BCUT2D eigenvalue weighted by molar-refractivity contribution is 0.195. The lowest BCUT2D eigenvalue weighted by atomic mass is 10.2. The quantitative estimate of drug-likeness (QED) is 0.755. The van der Waals surface area contributed by atoms with Gasteiger partial charge in [-0.25, -0.2) is 4.79 Å². The Hall–Kier alpha value is -0.380. The summed E-state index contributed by atoms with van der Waals surface area (Å²) in [4.78, 5) is 13.7. The molecule has 88 valence electrons. The van der Waals surface area contributed by atoms with Gasteiger partial charge in [0.25, 0.3) is 0 Å². The Balaban J connectivity index is 2.32. The van der Waals surface area contributed by atoms with Crippen LogP contribution < -0.4 is 5.32 Å². The Morgan fingerprint density at radius 3 is 2.87 bits per heavy atom. The molecular formula is C11H22N2OS. The van der Waals surface area contributed by atoms with Crippen LogP contribution in [0.25, 0.3) is 0 Å². The van der Waals surface area contributed by atoms with Gasteiger partial charge in [0.2, 0.25) is 0 Å². The van der Waals surface area contributed by atoms with E-state index in [0.717, 1.165) is 38.2 Å². The summed E-state index contributed by atoms with van der Waals surface area (Å²) in [5.41, 5.74) is 0. The Bertz CT molecular complexity index is 219. The summed E-state index contributed by atoms with van der Waals surface area (Å²) in [6.45, 7) is 9.07. The molecule has 0 unspecified atom stereocenters. The van der Waals surface area contributed by atoms with Crippen molar-refractivity contribution in [2.24, 2.45) is 0 Å². The van der Waals surface area contributed by atoms with Crippen molar-refractivity contribution in [1.82, 2.24) is 10.2 Å². The molecule has 0 bridgehead atoms. The Labute approximate surface area is 97.0 Å². The van der Waals surface area contributed by atoms with Gasteiger partial charge < -0.3 is 10.2 Å². The highest BCUT2D eigenvalue weighted by Gasteiger charge is 2.29. The topological polar surface area (TPSA) is 32.3 Å². The SMILES string of the molecule is CCCCNC(=O)N1CCSC(C)(C)C1. The average Bonchev–Trinajstić information content (AvgIpc) is 2.16. The molecule has 0 aromatic heterocycles. The molecule has 1 rings (SSSR count). The van der Waals surface area contributed by atoms with E-state index in [1.54, 1.807) is 0 Å². The van der Waals surface area contributed by atoms with Crippen LogP contribution in [0, 0.1) is 0 Å². The van der Waals surface area contributed by atoms with E-state index in [1.807, 2.05) is 16.7 Å². The van der Waals surface area contributed by atoms with Crippen molar-refractivity contribution in [3.63, 3.8) is 0 Å². The Kier molecular flexibility index (Phi) is 4.77. The third-order valence-corrected chi connectivity index (χ3v) is 3.82. The highest BCUT2D eigenvalue weighted by molar-refractivity contribution is 8.00. The molecule has 4 heteroatoms. The summed E-state index contributed by atoms with van der Waals surface area (Å²) in [5.74, 6) is 1.05. The van der Waals surface area contributed by atoms with Crippen molar-refractivity contribution < 1.29 is 4.79 Å². The first kappa shape index (κ1) is 12.7. The fourth-order valence-corrected chi connectivity index (χ4v) is 2.79. The summed E-state index contributed by atoms with van der Waals surface area (Å²) < 4.78 is 0.209. The van der Waals surface area contributed by atoms with E-state index in [0.29, 0.717) is 0 Å². The lowest BCUT2D eigenvalue weighted by Crippen LogP contribution is -2.50. The summed E-state index contributed by atoms with van der Waals surface area (Å²) in [7, 11) is 0. The second-order valence-corrected chi connectivity index (χ2v) is 6.42. The lowest BCUT2D eigenvalue weighted by Gasteiger charge is -2.37. The molecule has 0 aromatic carbocycles. The van der Waals surface area contributed by atoms with E-state index in [1.165, 1.54) is 0 Å². The van der Waals surface area contributed by atoms with E-state index in [2.05, 4.69) is 26.1 Å². The minimum atomic E-state index is 0.108. The average molecular weight is 230 g/mol. The molecule has 0 atom stereocenters. The molecule has 0 radical (unpaired) electrons. The number of thioether (sulfide) groups is 1. The van der Waals surface area contributed by atoms with E-state index in [4.69, 9.17) is 0 Å². The molecule has 1 aliphatic heterocycles. The molecule has 3 nitrogen and oxygen atoms in total. The fraction of sp³-hybridized carbons (Fsp3) is 0.909. The third-order valence-electron chi connectivity index (χ3n) is 2.52. The van der Waals surface area contributed by atoms with Crippen molar-refractivity contribution >= 4 is 17.8 Å². The zero-order valence-corrected chi connectivity index (χ0v) is 10.8. The smallest absolute Gasteiger partial charge is 0.317 e. The first-order chi connectivity index (χ1) is 7.05. The van der Waals surface area contributed by atoms with Crippen LogP contribution in [0.15, 0.2) is 0 Å². The molecule has 0 saturated carbocycles. The fourth-order valence-electron chi connectivity index (χ4n) is 1.67. The van der Waals surface area contributed by atoms with Crippen molar-refractivity contribution in [2.45, 2.75) is 38.4 Å². The predicted octanol–water partition coefficient (Wildman–Crippen LogP) is 2.32. The minimum Gasteiger partial charge on any atom is -0.338 e. The van der Waals surface area contributed by atoms with E-state index < -0.39 is 0 Å². The van der Waals surface area contributed by atoms with Gasteiger partial charge in [-0.1, -0.05) is 13.3 Å². The van der Waals surface area contributed by atoms with Crippen LogP contribution in [-0.2, 0) is 0 Å². The minimum absolute atomic E-state index is 0.108. The molecule has 15 heavy (non-hydrogen) atoms. The number of carbonyl (C=O) groups is 1. The third kappa shape index (κ3) is 4.33. The first-order valence-corrected chi connectivity index (χ1v) is 6.70. The van der Waals surface area contributed by atoms with Crippen LogP contribution in [0.4, 0.5) is 4.79 Å². The highest BCUT2D eigenvalue weighted by Crippen LogP contribution is 2.29. The van der Waals surface area contributed by atoms with Crippen LogP contribution in [0.3, 0.4) is 0 Å². The molecule has 1 N–H and O–H groups in total. The summed E-state index contributed by atoms with van der Waals surface area (Å²) in [6, 6.07) is 0.108. The molecule has 0 spiro atoms. The van der Waals surface area contributed by atoms with Crippen LogP contribution in [-0.4, -0.2) is 41.1 Å². The second kappa shape index (κ2) is 5.64. The van der Waals surface area contributed by atoms with Gasteiger partial charge in [-0.05, 0) is 20.3 Å². The number of unbranched alkanes of at least 4 members (excludes halogenated alkanes) is 1. The summed E-state index contributed by atoms with van der Waals surface area (Å²) >= 11 is 1.95. The number of urea groups is 1. The molecule has 0 aliphatic carbocycles. The predicted molar refractivity (Wildman–Crippen MR) is 66.4 cm³/mol. The molecule has 1 fully saturated rings. The second-order valence-electron chi connectivity index (χ2n) is 4.62.